The highest BCUT2D eigenvalue weighted by molar-refractivity contribution is 5.95. The van der Waals surface area contributed by atoms with Crippen molar-refractivity contribution < 1.29 is 14.8 Å². The minimum absolute atomic E-state index is 0.0380. The summed E-state index contributed by atoms with van der Waals surface area (Å²) in [6.07, 6.45) is 0.831. The Balaban J connectivity index is 2.40. The second kappa shape index (κ2) is 6.09. The molecule has 1 amide bonds. The number of carbonyl (C=O) groups is 1. The summed E-state index contributed by atoms with van der Waals surface area (Å²) < 4.78 is 0. The third kappa shape index (κ3) is 3.30. The number of fused-ring (bicyclic) bond motifs is 1. The summed E-state index contributed by atoms with van der Waals surface area (Å²) in [5, 5.41) is 26.3. The van der Waals surface area contributed by atoms with E-state index in [-0.39, 0.29) is 30.2 Å². The zero-order chi connectivity index (χ0) is 15.6. The van der Waals surface area contributed by atoms with Crippen molar-refractivity contribution >= 4 is 23.0 Å². The van der Waals surface area contributed by atoms with Crippen molar-refractivity contribution in [2.24, 2.45) is 5.92 Å². The Morgan fingerprint density at radius 2 is 2.14 bits per heavy atom. The molecule has 0 aromatic heterocycles. The van der Waals surface area contributed by atoms with Crippen molar-refractivity contribution in [3.05, 3.63) is 27.8 Å². The zero-order valence-corrected chi connectivity index (χ0v) is 12.0. The van der Waals surface area contributed by atoms with Crippen molar-refractivity contribution in [1.82, 2.24) is 0 Å². The van der Waals surface area contributed by atoms with Crippen molar-refractivity contribution in [2.45, 2.75) is 32.7 Å². The van der Waals surface area contributed by atoms with Crippen molar-refractivity contribution in [3.63, 3.8) is 0 Å². The number of carbonyl (C=O) groups excluding carboxylic acids is 1. The third-order valence-corrected chi connectivity index (χ3v) is 3.66. The van der Waals surface area contributed by atoms with Gasteiger partial charge in [0, 0.05) is 18.2 Å². The van der Waals surface area contributed by atoms with E-state index in [4.69, 9.17) is 0 Å². The first-order valence-corrected chi connectivity index (χ1v) is 6.91. The number of nitro groups is 1. The quantitative estimate of drug-likeness (QED) is 0.568. The van der Waals surface area contributed by atoms with Crippen LogP contribution in [0.2, 0.25) is 0 Å². The molecule has 1 aliphatic rings. The standard InChI is InChI=1S/C14H19N3O4/c1-8(2)12(7-18)15-11-6-10-9(3-4-14(19)16-10)5-13(11)17(20)21/h5-6,8,12,15,18H,3-4,7H2,1-2H3,(H,16,19)/t12-/m1/s1. The molecule has 0 bridgehead atoms. The average Bonchev–Trinajstić information content (AvgIpc) is 2.43. The first-order chi connectivity index (χ1) is 9.92. The van der Waals surface area contributed by atoms with Crippen molar-refractivity contribution in [3.8, 4) is 0 Å². The lowest BCUT2D eigenvalue weighted by atomic mass is 10.00. The maximum Gasteiger partial charge on any atom is 0.292 e. The molecule has 114 valence electrons. The molecule has 0 unspecified atom stereocenters. The van der Waals surface area contributed by atoms with Crippen molar-refractivity contribution in [1.29, 1.82) is 0 Å². The molecule has 0 fully saturated rings. The van der Waals surface area contributed by atoms with Gasteiger partial charge < -0.3 is 15.7 Å². The van der Waals surface area contributed by atoms with E-state index in [0.717, 1.165) is 5.56 Å². The lowest BCUT2D eigenvalue weighted by Gasteiger charge is -2.23. The molecule has 2 rings (SSSR count). The molecular weight excluding hydrogens is 274 g/mol. The normalized spacial score (nSPS) is 15.3. The van der Waals surface area contributed by atoms with E-state index in [1.54, 1.807) is 6.07 Å². The number of rotatable bonds is 5. The molecule has 21 heavy (non-hydrogen) atoms. The number of hydrogen-bond acceptors (Lipinski definition) is 5. The Hall–Kier alpha value is -2.15. The second-order valence-electron chi connectivity index (χ2n) is 5.51. The third-order valence-electron chi connectivity index (χ3n) is 3.66. The van der Waals surface area contributed by atoms with Crippen LogP contribution in [-0.4, -0.2) is 28.6 Å². The number of amides is 1. The van der Waals surface area contributed by atoms with Crippen LogP contribution in [0.5, 0.6) is 0 Å². The highest BCUT2D eigenvalue weighted by Crippen LogP contribution is 2.34. The van der Waals surface area contributed by atoms with Gasteiger partial charge in [0.1, 0.15) is 5.69 Å². The number of nitrogens with zero attached hydrogens (tertiary/aromatic N) is 1. The molecule has 0 saturated heterocycles. The molecular formula is C14H19N3O4. The summed E-state index contributed by atoms with van der Waals surface area (Å²) >= 11 is 0. The fourth-order valence-corrected chi connectivity index (χ4v) is 2.31. The molecule has 7 nitrogen and oxygen atoms in total. The van der Waals surface area contributed by atoms with Crippen LogP contribution in [0.25, 0.3) is 0 Å². The number of benzene rings is 1. The molecule has 1 aromatic rings. The molecule has 1 heterocycles. The van der Waals surface area contributed by atoms with E-state index < -0.39 is 4.92 Å². The number of aryl methyl sites for hydroxylation is 1. The number of aliphatic hydroxyl groups is 1. The predicted octanol–water partition coefficient (Wildman–Crippen LogP) is 1.91. The predicted molar refractivity (Wildman–Crippen MR) is 79.4 cm³/mol. The SMILES string of the molecule is CC(C)[C@@H](CO)Nc1cc2c(cc1[N+](=O)[O-])CCC(=O)N2. The second-order valence-corrected chi connectivity index (χ2v) is 5.51. The van der Waals surface area contributed by atoms with Crippen LogP contribution < -0.4 is 10.6 Å². The van der Waals surface area contributed by atoms with Gasteiger partial charge in [-0.25, -0.2) is 0 Å². The fraction of sp³-hybridized carbons (Fsp3) is 0.500. The number of aliphatic hydroxyl groups excluding tert-OH is 1. The minimum Gasteiger partial charge on any atom is -0.394 e. The van der Waals surface area contributed by atoms with Crippen LogP contribution in [-0.2, 0) is 11.2 Å². The molecule has 0 saturated carbocycles. The Labute approximate surface area is 122 Å². The van der Waals surface area contributed by atoms with E-state index >= 15 is 0 Å². The Bertz CT molecular complexity index is 572. The summed E-state index contributed by atoms with van der Waals surface area (Å²) in [5.41, 5.74) is 1.63. The van der Waals surface area contributed by atoms with Crippen LogP contribution in [0.4, 0.5) is 17.1 Å². The average molecular weight is 293 g/mol. The van der Waals surface area contributed by atoms with Crippen molar-refractivity contribution in [2.75, 3.05) is 17.2 Å². The van der Waals surface area contributed by atoms with Gasteiger partial charge in [0.15, 0.2) is 0 Å². The summed E-state index contributed by atoms with van der Waals surface area (Å²) in [7, 11) is 0. The van der Waals surface area contributed by atoms with Gasteiger partial charge >= 0.3 is 0 Å². The Morgan fingerprint density at radius 1 is 1.43 bits per heavy atom. The van der Waals surface area contributed by atoms with Crippen LogP contribution in [0, 0.1) is 16.0 Å². The first kappa shape index (κ1) is 15.2. The molecule has 0 aliphatic carbocycles. The topological polar surface area (TPSA) is 104 Å². The largest absolute Gasteiger partial charge is 0.394 e. The van der Waals surface area contributed by atoms with Crippen LogP contribution in [0.1, 0.15) is 25.8 Å². The maximum absolute atomic E-state index is 11.4. The lowest BCUT2D eigenvalue weighted by Crippen LogP contribution is -2.30. The molecule has 0 spiro atoms. The molecule has 1 aliphatic heterocycles. The first-order valence-electron chi connectivity index (χ1n) is 6.91. The van der Waals surface area contributed by atoms with E-state index in [0.29, 0.717) is 24.2 Å². The van der Waals surface area contributed by atoms with Gasteiger partial charge in [-0.15, -0.1) is 0 Å². The highest BCUT2D eigenvalue weighted by Gasteiger charge is 2.24. The number of hydrogen-bond donors (Lipinski definition) is 3. The number of nitrogens with one attached hydrogen (secondary N) is 2. The van der Waals surface area contributed by atoms with Gasteiger partial charge in [0.05, 0.1) is 17.6 Å². The van der Waals surface area contributed by atoms with Gasteiger partial charge in [0.2, 0.25) is 5.91 Å². The van der Waals surface area contributed by atoms with Gasteiger partial charge in [0.25, 0.3) is 5.69 Å². The van der Waals surface area contributed by atoms with Gasteiger partial charge in [-0.3, -0.25) is 14.9 Å². The smallest absolute Gasteiger partial charge is 0.292 e. The highest BCUT2D eigenvalue weighted by atomic mass is 16.6. The molecule has 1 atom stereocenters. The van der Waals surface area contributed by atoms with E-state index in [1.807, 2.05) is 13.8 Å². The Morgan fingerprint density at radius 3 is 2.71 bits per heavy atom. The van der Waals surface area contributed by atoms with E-state index in [9.17, 15) is 20.0 Å². The monoisotopic (exact) mass is 293 g/mol. The fourth-order valence-electron chi connectivity index (χ4n) is 2.31. The molecule has 0 radical (unpaired) electrons. The molecule has 7 heteroatoms. The summed E-state index contributed by atoms with van der Waals surface area (Å²) in [6.45, 7) is 3.71. The molecule has 3 N–H and O–H groups in total. The minimum atomic E-state index is -0.451. The van der Waals surface area contributed by atoms with E-state index in [2.05, 4.69) is 10.6 Å². The number of anilines is 2. The number of nitro benzene ring substituents is 1. The summed E-state index contributed by atoms with van der Waals surface area (Å²) in [4.78, 5) is 22.2. The van der Waals surface area contributed by atoms with Crippen LogP contribution in [0.15, 0.2) is 12.1 Å². The summed E-state index contributed by atoms with van der Waals surface area (Å²) in [5.74, 6) is 0.0186. The zero-order valence-electron chi connectivity index (χ0n) is 12.0. The van der Waals surface area contributed by atoms with E-state index in [1.165, 1.54) is 6.07 Å². The van der Waals surface area contributed by atoms with Gasteiger partial charge in [-0.1, -0.05) is 13.8 Å². The van der Waals surface area contributed by atoms with Crippen LogP contribution >= 0.6 is 0 Å². The maximum atomic E-state index is 11.4. The Kier molecular flexibility index (Phi) is 4.42. The van der Waals surface area contributed by atoms with Gasteiger partial charge in [-0.2, -0.15) is 0 Å². The molecule has 1 aromatic carbocycles. The van der Waals surface area contributed by atoms with Gasteiger partial charge in [-0.05, 0) is 24.0 Å². The lowest BCUT2D eigenvalue weighted by molar-refractivity contribution is -0.384. The summed E-state index contributed by atoms with van der Waals surface area (Å²) in [6, 6.07) is 2.78. The van der Waals surface area contributed by atoms with Crippen LogP contribution in [0.3, 0.4) is 0 Å².